The van der Waals surface area contributed by atoms with E-state index in [-0.39, 0.29) is 17.4 Å². The summed E-state index contributed by atoms with van der Waals surface area (Å²) in [4.78, 5) is 31.7. The van der Waals surface area contributed by atoms with Crippen LogP contribution in [0.3, 0.4) is 0 Å². The minimum absolute atomic E-state index is 0.0296. The number of nitrogen functional groups attached to an aromatic ring is 1. The Morgan fingerprint density at radius 2 is 1.93 bits per heavy atom. The van der Waals surface area contributed by atoms with E-state index in [1.165, 1.54) is 17.2 Å². The molecule has 0 radical (unpaired) electrons. The van der Waals surface area contributed by atoms with Gasteiger partial charge in [0.25, 0.3) is 5.91 Å². The van der Waals surface area contributed by atoms with Crippen molar-refractivity contribution in [3.8, 4) is 0 Å². The minimum Gasteiger partial charge on any atom is -0.449 e. The molecule has 0 spiro atoms. The number of hydrogen-bond acceptors (Lipinski definition) is 7. The standard InChI is InChI=1S/C11H11N3O3.C6H7ClN2.C2H6/c1-14(2)11(16)6-3-7-10(13-4-6)9(12)8(5-15)17-7;1-8-6-3-2-5(7)4-9-6;1-2/h3-5H,12H2,1-2H3;2-4H,1H3,(H,8,9);1-2H3. The quantitative estimate of drug-likeness (QED) is 0.638. The normalized spacial score (nSPS) is 9.50. The molecule has 0 saturated heterocycles. The summed E-state index contributed by atoms with van der Waals surface area (Å²) in [7, 11) is 5.09. The van der Waals surface area contributed by atoms with Crippen molar-refractivity contribution in [3.05, 3.63) is 46.9 Å². The number of rotatable bonds is 3. The first-order valence-corrected chi connectivity index (χ1v) is 8.89. The van der Waals surface area contributed by atoms with Crippen molar-refractivity contribution in [3.63, 3.8) is 0 Å². The fraction of sp³-hybridized carbons (Fsp3) is 0.263. The van der Waals surface area contributed by atoms with E-state index < -0.39 is 0 Å². The number of aldehydes is 1. The van der Waals surface area contributed by atoms with Gasteiger partial charge in [-0.3, -0.25) is 9.59 Å². The van der Waals surface area contributed by atoms with Crippen molar-refractivity contribution in [1.29, 1.82) is 0 Å². The molecule has 0 bridgehead atoms. The molecule has 0 saturated carbocycles. The highest BCUT2D eigenvalue weighted by molar-refractivity contribution is 6.30. The van der Waals surface area contributed by atoms with E-state index in [1.54, 1.807) is 26.4 Å². The van der Waals surface area contributed by atoms with E-state index >= 15 is 0 Å². The molecule has 0 fully saturated rings. The maximum Gasteiger partial charge on any atom is 0.255 e. The number of carbonyl (C=O) groups is 2. The van der Waals surface area contributed by atoms with Gasteiger partial charge in [-0.05, 0) is 18.2 Å². The number of hydrogen-bond donors (Lipinski definition) is 2. The van der Waals surface area contributed by atoms with Crippen molar-refractivity contribution in [1.82, 2.24) is 14.9 Å². The topological polar surface area (TPSA) is 114 Å². The van der Waals surface area contributed by atoms with Crippen LogP contribution in [0.1, 0.15) is 34.8 Å². The van der Waals surface area contributed by atoms with Crippen LogP contribution in [0, 0.1) is 0 Å². The number of aromatic nitrogens is 2. The monoisotopic (exact) mass is 405 g/mol. The Morgan fingerprint density at radius 1 is 1.25 bits per heavy atom. The Morgan fingerprint density at radius 3 is 2.43 bits per heavy atom. The molecular weight excluding hydrogens is 382 g/mol. The van der Waals surface area contributed by atoms with Crippen molar-refractivity contribution in [2.24, 2.45) is 0 Å². The SMILES string of the molecule is CC.CN(C)C(=O)c1cnc2c(N)c(C=O)oc2c1.CNc1ccc(Cl)cn1. The average molecular weight is 406 g/mol. The second kappa shape index (κ2) is 10.9. The van der Waals surface area contributed by atoms with Crippen LogP contribution in [-0.4, -0.2) is 48.2 Å². The summed E-state index contributed by atoms with van der Waals surface area (Å²) in [5.41, 5.74) is 6.95. The second-order valence-corrected chi connectivity index (χ2v) is 5.82. The van der Waals surface area contributed by atoms with Gasteiger partial charge in [-0.15, -0.1) is 0 Å². The number of anilines is 2. The molecule has 0 aliphatic carbocycles. The average Bonchev–Trinajstić information content (AvgIpc) is 3.05. The molecule has 150 valence electrons. The van der Waals surface area contributed by atoms with Crippen LogP contribution in [0.25, 0.3) is 11.1 Å². The van der Waals surface area contributed by atoms with Gasteiger partial charge < -0.3 is 20.4 Å². The van der Waals surface area contributed by atoms with Crippen molar-refractivity contribution < 1.29 is 14.0 Å². The van der Waals surface area contributed by atoms with Gasteiger partial charge in [0, 0.05) is 33.5 Å². The molecule has 3 aromatic rings. The Labute approximate surface area is 168 Å². The zero-order chi connectivity index (χ0) is 21.3. The first-order chi connectivity index (χ1) is 13.4. The molecule has 0 aliphatic heterocycles. The summed E-state index contributed by atoms with van der Waals surface area (Å²) in [5.74, 6) is 0.670. The van der Waals surface area contributed by atoms with E-state index in [0.29, 0.717) is 28.0 Å². The molecule has 3 rings (SSSR count). The van der Waals surface area contributed by atoms with E-state index in [2.05, 4.69) is 15.3 Å². The maximum absolute atomic E-state index is 11.7. The van der Waals surface area contributed by atoms with Crippen LogP contribution in [0.15, 0.2) is 35.0 Å². The third kappa shape index (κ3) is 5.68. The first kappa shape index (κ1) is 22.9. The number of amides is 1. The van der Waals surface area contributed by atoms with Crippen molar-refractivity contribution in [2.45, 2.75) is 13.8 Å². The van der Waals surface area contributed by atoms with Gasteiger partial charge in [0.2, 0.25) is 0 Å². The lowest BCUT2D eigenvalue weighted by atomic mass is 10.2. The summed E-state index contributed by atoms with van der Waals surface area (Å²) in [6.07, 6.45) is 3.53. The summed E-state index contributed by atoms with van der Waals surface area (Å²) in [5, 5.41) is 3.55. The van der Waals surface area contributed by atoms with Gasteiger partial charge in [-0.25, -0.2) is 9.97 Å². The molecule has 3 heterocycles. The van der Waals surface area contributed by atoms with Gasteiger partial charge >= 0.3 is 0 Å². The Balaban J connectivity index is 0.000000301. The molecule has 28 heavy (non-hydrogen) atoms. The van der Waals surface area contributed by atoms with Gasteiger partial charge in [-0.1, -0.05) is 25.4 Å². The van der Waals surface area contributed by atoms with E-state index in [9.17, 15) is 9.59 Å². The molecule has 1 amide bonds. The van der Waals surface area contributed by atoms with Crippen LogP contribution < -0.4 is 11.1 Å². The zero-order valence-corrected chi connectivity index (χ0v) is 17.2. The summed E-state index contributed by atoms with van der Waals surface area (Å²) in [6, 6.07) is 5.14. The van der Waals surface area contributed by atoms with Crippen LogP contribution >= 0.6 is 11.6 Å². The number of halogens is 1. The molecule has 3 aromatic heterocycles. The van der Waals surface area contributed by atoms with Crippen molar-refractivity contribution in [2.75, 3.05) is 32.2 Å². The number of nitrogens with two attached hydrogens (primary N) is 1. The molecular formula is C19H24ClN5O3. The van der Waals surface area contributed by atoms with E-state index in [0.717, 1.165) is 5.82 Å². The number of furan rings is 1. The predicted molar refractivity (Wildman–Crippen MR) is 112 cm³/mol. The lowest BCUT2D eigenvalue weighted by Gasteiger charge is -2.09. The number of pyridine rings is 2. The third-order valence-corrected chi connectivity index (χ3v) is 3.56. The number of fused-ring (bicyclic) bond motifs is 1. The van der Waals surface area contributed by atoms with Crippen LogP contribution in [-0.2, 0) is 0 Å². The molecule has 3 N–H and O–H groups in total. The fourth-order valence-electron chi connectivity index (χ4n) is 2.00. The Kier molecular flexibility index (Phi) is 8.90. The van der Waals surface area contributed by atoms with Gasteiger partial charge in [0.1, 0.15) is 17.0 Å². The van der Waals surface area contributed by atoms with Gasteiger partial charge in [-0.2, -0.15) is 0 Å². The smallest absolute Gasteiger partial charge is 0.255 e. The van der Waals surface area contributed by atoms with Gasteiger partial charge in [0.05, 0.1) is 10.6 Å². The molecule has 9 heteroatoms. The number of nitrogens with zero attached hydrogens (tertiary/aromatic N) is 3. The molecule has 8 nitrogen and oxygen atoms in total. The highest BCUT2D eigenvalue weighted by Crippen LogP contribution is 2.25. The Bertz CT molecular complexity index is 923. The fourth-order valence-corrected chi connectivity index (χ4v) is 2.11. The van der Waals surface area contributed by atoms with E-state index in [1.807, 2.05) is 27.0 Å². The van der Waals surface area contributed by atoms with Gasteiger partial charge in [0.15, 0.2) is 17.6 Å². The van der Waals surface area contributed by atoms with Crippen LogP contribution in [0.5, 0.6) is 0 Å². The van der Waals surface area contributed by atoms with Crippen LogP contribution in [0.2, 0.25) is 5.02 Å². The second-order valence-electron chi connectivity index (χ2n) is 5.38. The molecule has 0 aliphatic rings. The summed E-state index contributed by atoms with van der Waals surface area (Å²) in [6.45, 7) is 4.00. The van der Waals surface area contributed by atoms with E-state index in [4.69, 9.17) is 21.8 Å². The largest absolute Gasteiger partial charge is 0.449 e. The maximum atomic E-state index is 11.7. The highest BCUT2D eigenvalue weighted by atomic mass is 35.5. The summed E-state index contributed by atoms with van der Waals surface area (Å²) >= 11 is 5.58. The Hall–Kier alpha value is -3.13. The lowest BCUT2D eigenvalue weighted by molar-refractivity contribution is 0.0827. The number of carbonyl (C=O) groups excluding carboxylic acids is 2. The lowest BCUT2D eigenvalue weighted by Crippen LogP contribution is -2.21. The molecule has 0 unspecified atom stereocenters. The predicted octanol–water partition coefficient (Wildman–Crippen LogP) is 3.73. The number of nitrogens with one attached hydrogen (secondary N) is 1. The van der Waals surface area contributed by atoms with Crippen LogP contribution in [0.4, 0.5) is 11.5 Å². The molecule has 0 aromatic carbocycles. The minimum atomic E-state index is -0.193. The van der Waals surface area contributed by atoms with Crippen molar-refractivity contribution >= 4 is 46.4 Å². The highest BCUT2D eigenvalue weighted by Gasteiger charge is 2.15. The third-order valence-electron chi connectivity index (χ3n) is 3.34. The zero-order valence-electron chi connectivity index (χ0n) is 16.5. The first-order valence-electron chi connectivity index (χ1n) is 8.51. The molecule has 0 atom stereocenters. The summed E-state index contributed by atoms with van der Waals surface area (Å²) < 4.78 is 5.19.